The minimum Gasteiger partial charge on any atom is -0.359 e. The zero-order valence-corrected chi connectivity index (χ0v) is 9.43. The zero-order chi connectivity index (χ0) is 11.0. The normalized spacial score (nSPS) is 18.6. The molecule has 0 saturated carbocycles. The van der Waals surface area contributed by atoms with Crippen LogP contribution < -0.4 is 4.90 Å². The molecule has 80 valence electrons. The van der Waals surface area contributed by atoms with Crippen LogP contribution in [0.2, 0.25) is 5.02 Å². The van der Waals surface area contributed by atoms with E-state index in [1.165, 1.54) is 5.69 Å². The largest absolute Gasteiger partial charge is 0.359 e. The van der Waals surface area contributed by atoms with Crippen LogP contribution in [0.5, 0.6) is 0 Å². The molecule has 1 fully saturated rings. The molecule has 2 heterocycles. The second-order valence-corrected chi connectivity index (χ2v) is 4.34. The fourth-order valence-corrected chi connectivity index (χ4v) is 2.01. The predicted molar refractivity (Wildman–Crippen MR) is 65.8 cm³/mol. The van der Waals surface area contributed by atoms with Crippen LogP contribution in [0.4, 0.5) is 5.69 Å². The van der Waals surface area contributed by atoms with Gasteiger partial charge in [-0.25, -0.2) is 0 Å². The minimum absolute atomic E-state index is 0.433. The van der Waals surface area contributed by atoms with E-state index in [2.05, 4.69) is 16.0 Å². The average molecular weight is 231 g/mol. The molecule has 1 aromatic carbocycles. The maximum atomic E-state index is 5.86. The van der Waals surface area contributed by atoms with E-state index in [4.69, 9.17) is 11.6 Å². The lowest BCUT2D eigenvalue weighted by molar-refractivity contribution is 1.02. The summed E-state index contributed by atoms with van der Waals surface area (Å²) in [5.41, 5.74) is 2.34. The smallest absolute Gasteiger partial charge is 0.0889 e. The van der Waals surface area contributed by atoms with E-state index in [9.17, 15) is 0 Å². The Morgan fingerprint density at radius 3 is 2.62 bits per heavy atom. The van der Waals surface area contributed by atoms with Gasteiger partial charge in [0.1, 0.15) is 0 Å². The van der Waals surface area contributed by atoms with Gasteiger partial charge in [0, 0.05) is 23.5 Å². The van der Waals surface area contributed by atoms with Crippen molar-refractivity contribution in [2.75, 3.05) is 11.4 Å². The predicted octanol–water partition coefficient (Wildman–Crippen LogP) is 3.30. The van der Waals surface area contributed by atoms with Crippen molar-refractivity contribution in [2.24, 2.45) is 0 Å². The van der Waals surface area contributed by atoms with Gasteiger partial charge in [-0.2, -0.15) is 0 Å². The van der Waals surface area contributed by atoms with Crippen molar-refractivity contribution in [3.05, 3.63) is 59.4 Å². The molecule has 3 heteroatoms. The van der Waals surface area contributed by atoms with E-state index in [0.717, 1.165) is 17.3 Å². The molecule has 1 saturated heterocycles. The molecule has 0 N–H and O–H groups in total. The first kappa shape index (κ1) is 9.67. The number of anilines is 1. The summed E-state index contributed by atoms with van der Waals surface area (Å²) in [4.78, 5) is 6.67. The fourth-order valence-electron chi connectivity index (χ4n) is 1.88. The molecule has 0 aliphatic carbocycles. The molecular weight excluding hydrogens is 220 g/mol. The lowest BCUT2D eigenvalue weighted by Gasteiger charge is -2.05. The summed E-state index contributed by atoms with van der Waals surface area (Å²) in [6, 6.07) is 14.4. The van der Waals surface area contributed by atoms with E-state index >= 15 is 0 Å². The Labute approximate surface area is 99.5 Å². The van der Waals surface area contributed by atoms with Crippen LogP contribution in [-0.2, 0) is 0 Å². The van der Waals surface area contributed by atoms with Gasteiger partial charge >= 0.3 is 0 Å². The Morgan fingerprint density at radius 2 is 1.94 bits per heavy atom. The van der Waals surface area contributed by atoms with Gasteiger partial charge in [0.15, 0.2) is 0 Å². The average Bonchev–Trinajstić information content (AvgIpc) is 3.11. The summed E-state index contributed by atoms with van der Waals surface area (Å²) in [5, 5.41) is 0.778. The second-order valence-electron chi connectivity index (χ2n) is 3.90. The molecule has 1 unspecified atom stereocenters. The highest BCUT2D eigenvalue weighted by Crippen LogP contribution is 2.38. The lowest BCUT2D eigenvalue weighted by Crippen LogP contribution is -1.95. The number of hydrogen-bond acceptors (Lipinski definition) is 2. The van der Waals surface area contributed by atoms with E-state index in [0.29, 0.717) is 6.04 Å². The van der Waals surface area contributed by atoms with Crippen LogP contribution in [0.3, 0.4) is 0 Å². The summed E-state index contributed by atoms with van der Waals surface area (Å²) in [6.07, 6.45) is 1.84. The van der Waals surface area contributed by atoms with Gasteiger partial charge in [-0.1, -0.05) is 17.7 Å². The number of pyridine rings is 1. The number of aromatic nitrogens is 1. The third-order valence-corrected chi connectivity index (χ3v) is 3.05. The Balaban J connectivity index is 1.79. The second kappa shape index (κ2) is 3.80. The van der Waals surface area contributed by atoms with Gasteiger partial charge in [-0.05, 0) is 36.4 Å². The van der Waals surface area contributed by atoms with Crippen LogP contribution in [-0.4, -0.2) is 11.5 Å². The third kappa shape index (κ3) is 1.76. The van der Waals surface area contributed by atoms with Crippen LogP contribution in [0.15, 0.2) is 48.7 Å². The summed E-state index contributed by atoms with van der Waals surface area (Å²) < 4.78 is 0. The van der Waals surface area contributed by atoms with Crippen molar-refractivity contribution < 1.29 is 0 Å². The molecule has 1 aliphatic rings. The summed E-state index contributed by atoms with van der Waals surface area (Å²) in [7, 11) is 0. The molecule has 16 heavy (non-hydrogen) atoms. The topological polar surface area (TPSA) is 15.9 Å². The van der Waals surface area contributed by atoms with Gasteiger partial charge in [0.05, 0.1) is 11.7 Å². The SMILES string of the molecule is Clc1ccc(N2CC2c2ccccn2)cc1. The first-order valence-corrected chi connectivity index (χ1v) is 5.65. The van der Waals surface area contributed by atoms with E-state index in [1.807, 2.05) is 42.6 Å². The molecular formula is C13H11ClN2. The highest BCUT2D eigenvalue weighted by Gasteiger charge is 2.36. The molecule has 2 nitrogen and oxygen atoms in total. The summed E-state index contributed by atoms with van der Waals surface area (Å²) in [6.45, 7) is 1.04. The van der Waals surface area contributed by atoms with Crippen LogP contribution in [0, 0.1) is 0 Å². The van der Waals surface area contributed by atoms with Crippen LogP contribution in [0.1, 0.15) is 11.7 Å². The monoisotopic (exact) mass is 230 g/mol. The van der Waals surface area contributed by atoms with Crippen molar-refractivity contribution in [1.29, 1.82) is 0 Å². The maximum Gasteiger partial charge on any atom is 0.0889 e. The van der Waals surface area contributed by atoms with E-state index in [1.54, 1.807) is 0 Å². The number of nitrogens with zero attached hydrogens (tertiary/aromatic N) is 2. The molecule has 0 spiro atoms. The Hall–Kier alpha value is -1.54. The van der Waals surface area contributed by atoms with E-state index < -0.39 is 0 Å². The lowest BCUT2D eigenvalue weighted by atomic mass is 10.3. The van der Waals surface area contributed by atoms with Crippen molar-refractivity contribution in [3.8, 4) is 0 Å². The van der Waals surface area contributed by atoms with Crippen LogP contribution >= 0.6 is 11.6 Å². The highest BCUT2D eigenvalue weighted by molar-refractivity contribution is 6.30. The van der Waals surface area contributed by atoms with Gasteiger partial charge in [0.25, 0.3) is 0 Å². The molecule has 1 aliphatic heterocycles. The molecule has 3 rings (SSSR count). The highest BCUT2D eigenvalue weighted by atomic mass is 35.5. The number of benzene rings is 1. The van der Waals surface area contributed by atoms with Crippen molar-refractivity contribution >= 4 is 17.3 Å². The van der Waals surface area contributed by atoms with E-state index in [-0.39, 0.29) is 0 Å². The van der Waals surface area contributed by atoms with Gasteiger partial charge in [-0.3, -0.25) is 4.98 Å². The molecule has 0 amide bonds. The Bertz CT molecular complexity index is 481. The van der Waals surface area contributed by atoms with Crippen molar-refractivity contribution in [2.45, 2.75) is 6.04 Å². The molecule has 1 atom stereocenters. The first-order valence-electron chi connectivity index (χ1n) is 5.28. The standard InChI is InChI=1S/C13H11ClN2/c14-10-4-6-11(7-5-10)16-9-13(16)12-3-1-2-8-15-12/h1-8,13H,9H2. The Morgan fingerprint density at radius 1 is 1.12 bits per heavy atom. The maximum absolute atomic E-state index is 5.86. The molecule has 2 aromatic rings. The summed E-state index contributed by atoms with van der Waals surface area (Å²) >= 11 is 5.86. The minimum atomic E-state index is 0.433. The third-order valence-electron chi connectivity index (χ3n) is 2.80. The van der Waals surface area contributed by atoms with Crippen LogP contribution in [0.25, 0.3) is 0 Å². The van der Waals surface area contributed by atoms with Crippen molar-refractivity contribution in [3.63, 3.8) is 0 Å². The fraction of sp³-hybridized carbons (Fsp3) is 0.154. The van der Waals surface area contributed by atoms with Gasteiger partial charge in [-0.15, -0.1) is 0 Å². The zero-order valence-electron chi connectivity index (χ0n) is 8.68. The Kier molecular flexibility index (Phi) is 2.29. The van der Waals surface area contributed by atoms with Gasteiger partial charge in [0.2, 0.25) is 0 Å². The number of halogens is 1. The molecule has 0 radical (unpaired) electrons. The summed E-state index contributed by atoms with van der Waals surface area (Å²) in [5.74, 6) is 0. The number of rotatable bonds is 2. The quantitative estimate of drug-likeness (QED) is 0.736. The van der Waals surface area contributed by atoms with Gasteiger partial charge < -0.3 is 4.90 Å². The first-order chi connectivity index (χ1) is 7.84. The molecule has 1 aromatic heterocycles. The van der Waals surface area contributed by atoms with Crippen molar-refractivity contribution in [1.82, 2.24) is 4.98 Å². The number of hydrogen-bond donors (Lipinski definition) is 0. The molecule has 0 bridgehead atoms.